The first-order valence-corrected chi connectivity index (χ1v) is 9.05. The molecule has 0 radical (unpaired) electrons. The third kappa shape index (κ3) is 3.39. The molecular weight excluding hydrogens is 332 g/mol. The summed E-state index contributed by atoms with van der Waals surface area (Å²) in [6, 6.07) is 7.75. The minimum Gasteiger partial charge on any atom is -0.496 e. The Morgan fingerprint density at radius 2 is 2.35 bits per heavy atom. The Bertz CT molecular complexity index is 783. The second kappa shape index (κ2) is 7.37. The van der Waals surface area contributed by atoms with Gasteiger partial charge in [0.1, 0.15) is 11.6 Å². The average Bonchev–Trinajstić information content (AvgIpc) is 3.33. The first kappa shape index (κ1) is 16.9. The van der Waals surface area contributed by atoms with Gasteiger partial charge in [-0.25, -0.2) is 9.48 Å². The molecule has 1 aromatic heterocycles. The highest BCUT2D eigenvalue weighted by molar-refractivity contribution is 5.88. The number of rotatable bonds is 4. The van der Waals surface area contributed by atoms with Gasteiger partial charge in [-0.1, -0.05) is 12.1 Å². The van der Waals surface area contributed by atoms with Crippen molar-refractivity contribution in [1.29, 1.82) is 0 Å². The van der Waals surface area contributed by atoms with Gasteiger partial charge < -0.3 is 14.4 Å². The minimum atomic E-state index is -0.0945. The van der Waals surface area contributed by atoms with Gasteiger partial charge in [-0.15, -0.1) is 0 Å². The van der Waals surface area contributed by atoms with Gasteiger partial charge in [0.05, 0.1) is 19.9 Å². The first-order chi connectivity index (χ1) is 12.7. The standard InChI is InChI=1S/C19H24N4O3/c1-25-17-4-2-3-15-12-22(9-6-16(15)17)19(24)21-18-5-8-20-23(18)11-14-7-10-26-13-14/h2-5,8,14H,6-7,9-13H2,1H3,(H,21,24). The molecule has 138 valence electrons. The molecule has 0 saturated carbocycles. The largest absolute Gasteiger partial charge is 0.496 e. The van der Waals surface area contributed by atoms with Crippen molar-refractivity contribution in [3.8, 4) is 5.75 Å². The Morgan fingerprint density at radius 1 is 1.42 bits per heavy atom. The molecule has 0 aliphatic carbocycles. The van der Waals surface area contributed by atoms with Crippen molar-refractivity contribution in [3.05, 3.63) is 41.6 Å². The fraction of sp³-hybridized carbons (Fsp3) is 0.474. The van der Waals surface area contributed by atoms with Crippen molar-refractivity contribution in [2.75, 3.05) is 32.2 Å². The minimum absolute atomic E-state index is 0.0945. The zero-order valence-corrected chi connectivity index (χ0v) is 15.0. The predicted molar refractivity (Wildman–Crippen MR) is 97.3 cm³/mol. The molecule has 7 nitrogen and oxygen atoms in total. The Hall–Kier alpha value is -2.54. The van der Waals surface area contributed by atoms with Crippen LogP contribution in [0.25, 0.3) is 0 Å². The quantitative estimate of drug-likeness (QED) is 0.914. The van der Waals surface area contributed by atoms with Crippen molar-refractivity contribution in [2.45, 2.75) is 25.9 Å². The zero-order chi connectivity index (χ0) is 17.9. The number of urea groups is 1. The maximum atomic E-state index is 12.7. The molecule has 2 aliphatic rings. The van der Waals surface area contributed by atoms with Crippen molar-refractivity contribution in [3.63, 3.8) is 0 Å². The number of carbonyl (C=O) groups excluding carboxylic acids is 1. The molecule has 2 amide bonds. The molecule has 1 unspecified atom stereocenters. The van der Waals surface area contributed by atoms with Crippen LogP contribution in [0.5, 0.6) is 5.75 Å². The molecule has 2 aliphatic heterocycles. The number of amides is 2. The van der Waals surface area contributed by atoms with Crippen LogP contribution in [0.1, 0.15) is 17.5 Å². The number of hydrogen-bond acceptors (Lipinski definition) is 4. The molecule has 1 atom stereocenters. The van der Waals surface area contributed by atoms with E-state index < -0.39 is 0 Å². The highest BCUT2D eigenvalue weighted by Crippen LogP contribution is 2.28. The second-order valence-corrected chi connectivity index (χ2v) is 6.83. The lowest BCUT2D eigenvalue weighted by Gasteiger charge is -2.30. The van der Waals surface area contributed by atoms with E-state index in [9.17, 15) is 4.79 Å². The van der Waals surface area contributed by atoms with Gasteiger partial charge in [0, 0.05) is 43.8 Å². The van der Waals surface area contributed by atoms with E-state index in [-0.39, 0.29) is 6.03 Å². The Labute approximate surface area is 152 Å². The van der Waals surface area contributed by atoms with Crippen LogP contribution in [-0.2, 0) is 24.2 Å². The SMILES string of the molecule is COc1cccc2c1CCN(C(=O)Nc1ccnn1CC1CCOC1)C2. The van der Waals surface area contributed by atoms with Gasteiger partial charge in [-0.05, 0) is 24.5 Å². The van der Waals surface area contributed by atoms with E-state index in [0.29, 0.717) is 19.0 Å². The Morgan fingerprint density at radius 3 is 3.15 bits per heavy atom. The number of carbonyl (C=O) groups is 1. The molecule has 1 N–H and O–H groups in total. The van der Waals surface area contributed by atoms with Crippen LogP contribution in [0, 0.1) is 5.92 Å². The molecule has 1 fully saturated rings. The Kier molecular flexibility index (Phi) is 4.79. The molecule has 2 aromatic rings. The fourth-order valence-corrected chi connectivity index (χ4v) is 3.68. The highest BCUT2D eigenvalue weighted by Gasteiger charge is 2.24. The predicted octanol–water partition coefficient (Wildman–Crippen LogP) is 2.52. The van der Waals surface area contributed by atoms with Crippen LogP contribution >= 0.6 is 0 Å². The number of nitrogens with one attached hydrogen (secondary N) is 1. The molecule has 1 saturated heterocycles. The van der Waals surface area contributed by atoms with Crippen molar-refractivity contribution >= 4 is 11.8 Å². The molecule has 0 spiro atoms. The van der Waals surface area contributed by atoms with Crippen LogP contribution in [0.2, 0.25) is 0 Å². The van der Waals surface area contributed by atoms with Gasteiger partial charge in [-0.3, -0.25) is 5.32 Å². The summed E-state index contributed by atoms with van der Waals surface area (Å²) < 4.78 is 12.7. The summed E-state index contributed by atoms with van der Waals surface area (Å²) in [7, 11) is 1.69. The number of ether oxygens (including phenoxy) is 2. The number of nitrogens with zero attached hydrogens (tertiary/aromatic N) is 3. The van der Waals surface area contributed by atoms with E-state index in [1.165, 1.54) is 5.56 Å². The summed E-state index contributed by atoms with van der Waals surface area (Å²) in [6.07, 6.45) is 3.56. The van der Waals surface area contributed by atoms with Gasteiger partial charge >= 0.3 is 6.03 Å². The van der Waals surface area contributed by atoms with Gasteiger partial charge in [0.25, 0.3) is 0 Å². The van der Waals surface area contributed by atoms with Crippen molar-refractivity contribution in [2.24, 2.45) is 5.92 Å². The smallest absolute Gasteiger partial charge is 0.323 e. The van der Waals surface area contributed by atoms with E-state index in [1.807, 2.05) is 27.8 Å². The second-order valence-electron chi connectivity index (χ2n) is 6.83. The van der Waals surface area contributed by atoms with Crippen LogP contribution in [0.4, 0.5) is 10.6 Å². The molecule has 0 bridgehead atoms. The highest BCUT2D eigenvalue weighted by atomic mass is 16.5. The summed E-state index contributed by atoms with van der Waals surface area (Å²) in [4.78, 5) is 14.6. The third-order valence-corrected chi connectivity index (χ3v) is 5.14. The average molecular weight is 356 g/mol. The lowest BCUT2D eigenvalue weighted by molar-refractivity contribution is 0.181. The number of aromatic nitrogens is 2. The number of anilines is 1. The topological polar surface area (TPSA) is 68.6 Å². The number of benzene rings is 1. The summed E-state index contributed by atoms with van der Waals surface area (Å²) in [5.41, 5.74) is 2.34. The van der Waals surface area contributed by atoms with Crippen LogP contribution < -0.4 is 10.1 Å². The first-order valence-electron chi connectivity index (χ1n) is 9.05. The van der Waals surface area contributed by atoms with Crippen LogP contribution in [-0.4, -0.2) is 47.6 Å². The molecule has 4 rings (SSSR count). The normalized spacial score (nSPS) is 19.3. The summed E-state index contributed by atoms with van der Waals surface area (Å²) in [6.45, 7) is 3.59. The van der Waals surface area contributed by atoms with E-state index in [2.05, 4.69) is 16.5 Å². The van der Waals surface area contributed by atoms with Crippen LogP contribution in [0.3, 0.4) is 0 Å². The number of methoxy groups -OCH3 is 1. The fourth-order valence-electron chi connectivity index (χ4n) is 3.68. The summed E-state index contributed by atoms with van der Waals surface area (Å²) in [5.74, 6) is 2.10. The third-order valence-electron chi connectivity index (χ3n) is 5.14. The number of hydrogen-bond donors (Lipinski definition) is 1. The van der Waals surface area contributed by atoms with Gasteiger partial charge in [0.15, 0.2) is 0 Å². The Balaban J connectivity index is 1.42. The lowest BCUT2D eigenvalue weighted by atomic mass is 9.99. The van der Waals surface area contributed by atoms with E-state index >= 15 is 0 Å². The molecule has 7 heteroatoms. The van der Waals surface area contributed by atoms with E-state index in [0.717, 1.165) is 49.7 Å². The molecule has 1 aromatic carbocycles. The zero-order valence-electron chi connectivity index (χ0n) is 15.0. The van der Waals surface area contributed by atoms with E-state index in [4.69, 9.17) is 9.47 Å². The monoisotopic (exact) mass is 356 g/mol. The maximum absolute atomic E-state index is 12.7. The van der Waals surface area contributed by atoms with Gasteiger partial charge in [-0.2, -0.15) is 5.10 Å². The maximum Gasteiger partial charge on any atom is 0.323 e. The lowest BCUT2D eigenvalue weighted by Crippen LogP contribution is -2.39. The van der Waals surface area contributed by atoms with Gasteiger partial charge in [0.2, 0.25) is 0 Å². The van der Waals surface area contributed by atoms with Crippen LogP contribution in [0.15, 0.2) is 30.5 Å². The number of fused-ring (bicyclic) bond motifs is 1. The van der Waals surface area contributed by atoms with Crippen molar-refractivity contribution < 1.29 is 14.3 Å². The molecule has 3 heterocycles. The summed E-state index contributed by atoms with van der Waals surface area (Å²) in [5, 5.41) is 7.36. The van der Waals surface area contributed by atoms with E-state index in [1.54, 1.807) is 13.3 Å². The summed E-state index contributed by atoms with van der Waals surface area (Å²) >= 11 is 0. The molecular formula is C19H24N4O3. The van der Waals surface area contributed by atoms with Crippen molar-refractivity contribution in [1.82, 2.24) is 14.7 Å². The molecule has 26 heavy (non-hydrogen) atoms.